The minimum Gasteiger partial charge on any atom is -0.378 e. The van der Waals surface area contributed by atoms with Crippen LogP contribution in [0.4, 0.5) is 0 Å². The Morgan fingerprint density at radius 3 is 2.45 bits per heavy atom. The van der Waals surface area contributed by atoms with Gasteiger partial charge in [0, 0.05) is 7.11 Å². The summed E-state index contributed by atoms with van der Waals surface area (Å²) in [6.45, 7) is 2.25. The van der Waals surface area contributed by atoms with Crippen LogP contribution in [0.2, 0.25) is 0 Å². The van der Waals surface area contributed by atoms with Gasteiger partial charge in [0.1, 0.15) is 0 Å². The van der Waals surface area contributed by atoms with Crippen molar-refractivity contribution in [2.75, 3.05) is 38.2 Å². The van der Waals surface area contributed by atoms with E-state index in [4.69, 9.17) is 4.74 Å². The fraction of sp³-hybridized carbons (Fsp3) is 0.923. The summed E-state index contributed by atoms with van der Waals surface area (Å²) in [6.07, 6.45) is 4.29. The number of hydrogen-bond acceptors (Lipinski definition) is 5. The smallest absolute Gasteiger partial charge is 0.234 e. The molecule has 0 aromatic carbocycles. The van der Waals surface area contributed by atoms with Crippen molar-refractivity contribution in [3.63, 3.8) is 0 Å². The first-order valence-electron chi connectivity index (χ1n) is 7.25. The Hall–Kier alpha value is -0.660. The molecule has 0 aliphatic carbocycles. The monoisotopic (exact) mass is 304 g/mol. The summed E-state index contributed by atoms with van der Waals surface area (Å²) < 4.78 is 28.3. The number of amides is 1. The Morgan fingerprint density at radius 1 is 1.20 bits per heavy atom. The molecule has 7 heteroatoms. The Kier molecular flexibility index (Phi) is 5.40. The van der Waals surface area contributed by atoms with E-state index in [9.17, 15) is 13.2 Å². The van der Waals surface area contributed by atoms with Crippen LogP contribution in [0.5, 0.6) is 0 Å². The molecule has 2 aliphatic heterocycles. The minimum absolute atomic E-state index is 0.00182. The molecule has 2 atom stereocenters. The molecular weight excluding hydrogens is 280 g/mol. The van der Waals surface area contributed by atoms with E-state index in [2.05, 4.69) is 10.2 Å². The second-order valence-corrected chi connectivity index (χ2v) is 7.87. The van der Waals surface area contributed by atoms with E-state index < -0.39 is 22.0 Å². The topological polar surface area (TPSA) is 75.7 Å². The molecule has 1 N–H and O–H groups in total. The lowest BCUT2D eigenvalue weighted by Crippen LogP contribution is -2.47. The average molecular weight is 304 g/mol. The maximum Gasteiger partial charge on any atom is 0.234 e. The van der Waals surface area contributed by atoms with Crippen molar-refractivity contribution in [3.05, 3.63) is 0 Å². The van der Waals surface area contributed by atoms with E-state index in [0.717, 1.165) is 25.9 Å². The van der Waals surface area contributed by atoms with Crippen LogP contribution < -0.4 is 5.32 Å². The highest BCUT2D eigenvalue weighted by atomic mass is 32.2. The van der Waals surface area contributed by atoms with Crippen molar-refractivity contribution >= 4 is 15.7 Å². The summed E-state index contributed by atoms with van der Waals surface area (Å²) in [7, 11) is -1.61. The van der Waals surface area contributed by atoms with Crippen molar-refractivity contribution in [1.29, 1.82) is 0 Å². The van der Waals surface area contributed by atoms with Crippen molar-refractivity contribution in [3.8, 4) is 0 Å². The van der Waals surface area contributed by atoms with Crippen LogP contribution in [0.3, 0.4) is 0 Å². The number of likely N-dealkylation sites (tertiary alicyclic amines) is 1. The van der Waals surface area contributed by atoms with Crippen molar-refractivity contribution in [1.82, 2.24) is 10.2 Å². The van der Waals surface area contributed by atoms with Crippen molar-refractivity contribution in [2.24, 2.45) is 0 Å². The largest absolute Gasteiger partial charge is 0.378 e. The Bertz CT molecular complexity index is 430. The first kappa shape index (κ1) is 15.7. The molecule has 2 heterocycles. The number of nitrogens with zero attached hydrogens (tertiary/aromatic N) is 1. The number of hydrogen-bond donors (Lipinski definition) is 1. The molecule has 0 unspecified atom stereocenters. The molecule has 2 fully saturated rings. The molecule has 0 aromatic rings. The molecule has 0 bridgehead atoms. The maximum atomic E-state index is 12.0. The van der Waals surface area contributed by atoms with E-state index in [1.807, 2.05) is 0 Å². The molecule has 20 heavy (non-hydrogen) atoms. The lowest BCUT2D eigenvalue weighted by atomic mass is 10.2. The van der Waals surface area contributed by atoms with Gasteiger partial charge in [0.05, 0.1) is 30.2 Å². The predicted molar refractivity (Wildman–Crippen MR) is 76.3 cm³/mol. The number of carbonyl (C=O) groups excluding carboxylic acids is 1. The van der Waals surface area contributed by atoms with Crippen LogP contribution in [0.25, 0.3) is 0 Å². The van der Waals surface area contributed by atoms with Crippen LogP contribution in [0.1, 0.15) is 25.7 Å². The van der Waals surface area contributed by atoms with Gasteiger partial charge in [0.2, 0.25) is 5.91 Å². The van der Waals surface area contributed by atoms with Crippen LogP contribution in [-0.2, 0) is 19.4 Å². The van der Waals surface area contributed by atoms with Crippen molar-refractivity contribution < 1.29 is 17.9 Å². The van der Waals surface area contributed by atoms with Gasteiger partial charge in [0.15, 0.2) is 9.84 Å². The van der Waals surface area contributed by atoms with Crippen LogP contribution >= 0.6 is 0 Å². The Labute approximate surface area is 120 Å². The Morgan fingerprint density at radius 2 is 1.85 bits per heavy atom. The predicted octanol–water partition coefficient (Wildman–Crippen LogP) is -0.209. The Balaban J connectivity index is 1.84. The highest BCUT2D eigenvalue weighted by molar-refractivity contribution is 7.91. The lowest BCUT2D eigenvalue weighted by Gasteiger charge is -2.22. The van der Waals surface area contributed by atoms with Gasteiger partial charge < -0.3 is 10.1 Å². The number of nitrogens with one attached hydrogen (secondary N) is 1. The van der Waals surface area contributed by atoms with Crippen LogP contribution in [0, 0.1) is 0 Å². The standard InChI is InChI=1S/C13H24N2O4S/c1-19-12-10-20(17,18)9-11(12)14-13(16)8-15-6-4-2-3-5-7-15/h11-12H,2-10H2,1H3,(H,14,16)/t11-,12-/m1/s1. The molecule has 2 saturated heterocycles. The summed E-state index contributed by atoms with van der Waals surface area (Å²) in [6, 6.07) is -0.413. The first-order valence-corrected chi connectivity index (χ1v) is 9.07. The van der Waals surface area contributed by atoms with Gasteiger partial charge in [-0.25, -0.2) is 8.42 Å². The van der Waals surface area contributed by atoms with Crippen LogP contribution in [-0.4, -0.2) is 69.6 Å². The quantitative estimate of drug-likeness (QED) is 0.778. The number of sulfone groups is 1. The van der Waals surface area contributed by atoms with E-state index >= 15 is 0 Å². The van der Waals surface area contributed by atoms with Crippen molar-refractivity contribution in [2.45, 2.75) is 37.8 Å². The van der Waals surface area contributed by atoms with Crippen LogP contribution in [0.15, 0.2) is 0 Å². The lowest BCUT2D eigenvalue weighted by molar-refractivity contribution is -0.123. The summed E-state index contributed by atoms with van der Waals surface area (Å²) in [5, 5.41) is 2.82. The molecule has 0 saturated carbocycles. The number of methoxy groups -OCH3 is 1. The van der Waals surface area contributed by atoms with Gasteiger partial charge >= 0.3 is 0 Å². The minimum atomic E-state index is -3.09. The summed E-state index contributed by atoms with van der Waals surface area (Å²) in [5.41, 5.74) is 0. The highest BCUT2D eigenvalue weighted by Crippen LogP contribution is 2.15. The molecule has 1 amide bonds. The zero-order chi connectivity index (χ0) is 14.6. The number of rotatable bonds is 4. The molecule has 2 aliphatic rings. The van der Waals surface area contributed by atoms with E-state index in [1.54, 1.807) is 0 Å². The molecule has 116 valence electrons. The fourth-order valence-electron chi connectivity index (χ4n) is 2.93. The molecular formula is C13H24N2O4S. The van der Waals surface area contributed by atoms with Gasteiger partial charge in [-0.2, -0.15) is 0 Å². The molecule has 2 rings (SSSR count). The third-order valence-electron chi connectivity index (χ3n) is 4.02. The van der Waals surface area contributed by atoms with Gasteiger partial charge in [0.25, 0.3) is 0 Å². The van der Waals surface area contributed by atoms with Gasteiger partial charge in [-0.05, 0) is 25.9 Å². The third-order valence-corrected chi connectivity index (χ3v) is 5.72. The van der Waals surface area contributed by atoms with Gasteiger partial charge in [-0.1, -0.05) is 12.8 Å². The first-order chi connectivity index (χ1) is 9.50. The molecule has 0 spiro atoms. The van der Waals surface area contributed by atoms with Gasteiger partial charge in [-0.15, -0.1) is 0 Å². The number of carbonyl (C=O) groups is 1. The second-order valence-electron chi connectivity index (χ2n) is 5.72. The van der Waals surface area contributed by atoms with E-state index in [-0.39, 0.29) is 17.4 Å². The summed E-state index contributed by atoms with van der Waals surface area (Å²) in [5.74, 6) is -0.119. The molecule has 0 aromatic heterocycles. The SMILES string of the molecule is CO[C@@H]1CS(=O)(=O)C[C@H]1NC(=O)CN1CCCCCC1. The number of ether oxygens (including phenoxy) is 1. The zero-order valence-corrected chi connectivity index (χ0v) is 12.8. The zero-order valence-electron chi connectivity index (χ0n) is 12.0. The van der Waals surface area contributed by atoms with E-state index in [1.165, 1.54) is 20.0 Å². The summed E-state index contributed by atoms with van der Waals surface area (Å²) in [4.78, 5) is 14.2. The highest BCUT2D eigenvalue weighted by Gasteiger charge is 2.38. The van der Waals surface area contributed by atoms with E-state index in [0.29, 0.717) is 6.54 Å². The third kappa shape index (κ3) is 4.43. The molecule has 6 nitrogen and oxygen atoms in total. The average Bonchev–Trinajstić information content (AvgIpc) is 2.56. The maximum absolute atomic E-state index is 12.0. The second kappa shape index (κ2) is 6.87. The molecule has 0 radical (unpaired) electrons. The van der Waals surface area contributed by atoms with Gasteiger partial charge in [-0.3, -0.25) is 9.69 Å². The fourth-order valence-corrected chi connectivity index (χ4v) is 4.78. The normalized spacial score (nSPS) is 30.9. The summed E-state index contributed by atoms with van der Waals surface area (Å²) >= 11 is 0.